The summed E-state index contributed by atoms with van der Waals surface area (Å²) in [4.78, 5) is 16.9. The minimum absolute atomic E-state index is 0.0529. The zero-order valence-corrected chi connectivity index (χ0v) is 12.8. The number of nitrogens with zero attached hydrogens (tertiary/aromatic N) is 1. The van der Waals surface area contributed by atoms with Crippen LogP contribution in [0.5, 0.6) is 0 Å². The van der Waals surface area contributed by atoms with E-state index in [1.165, 1.54) is 5.56 Å². The number of hydrogen-bond donors (Lipinski definition) is 1. The van der Waals surface area contributed by atoms with Crippen molar-refractivity contribution in [1.29, 1.82) is 0 Å². The Labute approximate surface area is 134 Å². The van der Waals surface area contributed by atoms with E-state index in [0.29, 0.717) is 5.92 Å². The van der Waals surface area contributed by atoms with E-state index in [4.69, 9.17) is 0 Å². The molecule has 3 nitrogen and oxygen atoms in total. The van der Waals surface area contributed by atoms with E-state index in [1.807, 2.05) is 24.3 Å². The molecule has 0 saturated heterocycles. The standard InChI is InChI=1S/C19H19FN2O/c20-15-10-19(11-15,14-7-4-8-21-12-14)18(23)22-17-9-16(17)13-5-2-1-3-6-13/h1-8,12,15-17H,9-11H2,(H,22,23)/t15?,16?,17-,19?/m0/s1. The maximum Gasteiger partial charge on any atom is 0.231 e. The van der Waals surface area contributed by atoms with Gasteiger partial charge in [-0.2, -0.15) is 0 Å². The highest BCUT2D eigenvalue weighted by Gasteiger charge is 2.53. The maximum absolute atomic E-state index is 13.6. The molecule has 1 heterocycles. The first-order valence-corrected chi connectivity index (χ1v) is 8.09. The third kappa shape index (κ3) is 2.52. The molecule has 2 aromatic rings. The molecule has 0 spiro atoms. The van der Waals surface area contributed by atoms with Crippen LogP contribution in [-0.4, -0.2) is 23.1 Å². The predicted octanol–water partition coefficient (Wildman–Crippen LogP) is 3.12. The second-order valence-electron chi connectivity index (χ2n) is 6.66. The Kier molecular flexibility index (Phi) is 3.40. The van der Waals surface area contributed by atoms with Crippen LogP contribution in [0.2, 0.25) is 0 Å². The summed E-state index contributed by atoms with van der Waals surface area (Å²) in [5.41, 5.74) is 1.34. The number of alkyl halides is 1. The first kappa shape index (κ1) is 14.4. The van der Waals surface area contributed by atoms with Crippen molar-refractivity contribution < 1.29 is 9.18 Å². The monoisotopic (exact) mass is 310 g/mol. The zero-order valence-electron chi connectivity index (χ0n) is 12.8. The van der Waals surface area contributed by atoms with Crippen LogP contribution in [0.15, 0.2) is 54.9 Å². The molecule has 118 valence electrons. The van der Waals surface area contributed by atoms with Crippen molar-refractivity contribution >= 4 is 5.91 Å². The number of halogens is 1. The van der Waals surface area contributed by atoms with Gasteiger partial charge in [-0.1, -0.05) is 36.4 Å². The van der Waals surface area contributed by atoms with Crippen molar-refractivity contribution in [3.63, 3.8) is 0 Å². The Morgan fingerprint density at radius 2 is 1.96 bits per heavy atom. The molecule has 2 atom stereocenters. The van der Waals surface area contributed by atoms with Crippen LogP contribution in [0.4, 0.5) is 4.39 Å². The lowest BCUT2D eigenvalue weighted by Crippen LogP contribution is -2.54. The molecule has 2 aliphatic carbocycles. The van der Waals surface area contributed by atoms with Crippen LogP contribution in [0, 0.1) is 0 Å². The Morgan fingerprint density at radius 1 is 1.17 bits per heavy atom. The second kappa shape index (κ2) is 5.44. The summed E-state index contributed by atoms with van der Waals surface area (Å²) in [5.74, 6) is 0.329. The van der Waals surface area contributed by atoms with Crippen molar-refractivity contribution in [3.05, 3.63) is 66.0 Å². The number of pyridine rings is 1. The van der Waals surface area contributed by atoms with Gasteiger partial charge in [0.15, 0.2) is 0 Å². The Morgan fingerprint density at radius 3 is 2.61 bits per heavy atom. The van der Waals surface area contributed by atoms with Gasteiger partial charge in [0, 0.05) is 24.4 Å². The largest absolute Gasteiger partial charge is 0.352 e. The Balaban J connectivity index is 1.48. The first-order valence-electron chi connectivity index (χ1n) is 8.09. The summed E-state index contributed by atoms with van der Waals surface area (Å²) >= 11 is 0. The topological polar surface area (TPSA) is 42.0 Å². The van der Waals surface area contributed by atoms with Crippen LogP contribution in [0.25, 0.3) is 0 Å². The van der Waals surface area contributed by atoms with E-state index < -0.39 is 11.6 Å². The number of nitrogens with one attached hydrogen (secondary N) is 1. The quantitative estimate of drug-likeness (QED) is 0.943. The number of hydrogen-bond acceptors (Lipinski definition) is 2. The molecule has 23 heavy (non-hydrogen) atoms. The van der Waals surface area contributed by atoms with Gasteiger partial charge in [0.1, 0.15) is 6.17 Å². The van der Waals surface area contributed by atoms with Gasteiger partial charge in [0.2, 0.25) is 5.91 Å². The highest BCUT2D eigenvalue weighted by atomic mass is 19.1. The van der Waals surface area contributed by atoms with Crippen molar-refractivity contribution in [2.45, 2.75) is 42.8 Å². The minimum Gasteiger partial charge on any atom is -0.352 e. The smallest absolute Gasteiger partial charge is 0.231 e. The fourth-order valence-electron chi connectivity index (χ4n) is 3.62. The molecule has 2 aliphatic rings. The van der Waals surface area contributed by atoms with E-state index >= 15 is 0 Å². The SMILES string of the molecule is O=C(N[C@H]1CC1c1ccccc1)C1(c2cccnc2)CC(F)C1. The van der Waals surface area contributed by atoms with Crippen LogP contribution < -0.4 is 5.32 Å². The van der Waals surface area contributed by atoms with Crippen molar-refractivity contribution in [1.82, 2.24) is 10.3 Å². The summed E-state index contributed by atoms with van der Waals surface area (Å²) in [7, 11) is 0. The van der Waals surface area contributed by atoms with E-state index in [1.54, 1.807) is 18.5 Å². The minimum atomic E-state index is -0.898. The predicted molar refractivity (Wildman–Crippen MR) is 85.8 cm³/mol. The van der Waals surface area contributed by atoms with Gasteiger partial charge < -0.3 is 5.32 Å². The Hall–Kier alpha value is -2.23. The Bertz CT molecular complexity index is 698. The van der Waals surface area contributed by atoms with Crippen LogP contribution in [-0.2, 0) is 10.2 Å². The molecule has 2 fully saturated rings. The van der Waals surface area contributed by atoms with Gasteiger partial charge in [-0.3, -0.25) is 9.78 Å². The van der Waals surface area contributed by atoms with Crippen molar-refractivity contribution in [3.8, 4) is 0 Å². The fraction of sp³-hybridized carbons (Fsp3) is 0.368. The van der Waals surface area contributed by atoms with Gasteiger partial charge >= 0.3 is 0 Å². The molecule has 0 radical (unpaired) electrons. The van der Waals surface area contributed by atoms with E-state index in [2.05, 4.69) is 22.4 Å². The van der Waals surface area contributed by atoms with Crippen LogP contribution in [0.1, 0.15) is 36.3 Å². The highest BCUT2D eigenvalue weighted by molar-refractivity contribution is 5.90. The first-order chi connectivity index (χ1) is 11.2. The summed E-state index contributed by atoms with van der Waals surface area (Å²) in [6.07, 6.45) is 3.93. The lowest BCUT2D eigenvalue weighted by molar-refractivity contribution is -0.132. The second-order valence-corrected chi connectivity index (χ2v) is 6.66. The van der Waals surface area contributed by atoms with Gasteiger partial charge in [0.25, 0.3) is 0 Å². The van der Waals surface area contributed by atoms with Crippen LogP contribution in [0.3, 0.4) is 0 Å². The molecular formula is C19H19FN2O. The molecule has 1 unspecified atom stereocenters. The zero-order chi connectivity index (χ0) is 15.9. The summed E-state index contributed by atoms with van der Waals surface area (Å²) in [6, 6.07) is 14.1. The molecule has 1 N–H and O–H groups in total. The number of aromatic nitrogens is 1. The van der Waals surface area contributed by atoms with Crippen molar-refractivity contribution in [2.24, 2.45) is 0 Å². The lowest BCUT2D eigenvalue weighted by Gasteiger charge is -2.42. The molecule has 4 rings (SSSR count). The third-order valence-electron chi connectivity index (χ3n) is 5.12. The summed E-state index contributed by atoms with van der Waals surface area (Å²) < 4.78 is 13.6. The molecule has 2 saturated carbocycles. The molecule has 1 aromatic carbocycles. The molecule has 1 amide bonds. The highest BCUT2D eigenvalue weighted by Crippen LogP contribution is 2.47. The van der Waals surface area contributed by atoms with Gasteiger partial charge in [-0.25, -0.2) is 4.39 Å². The maximum atomic E-state index is 13.6. The average molecular weight is 310 g/mol. The number of amides is 1. The number of carbonyl (C=O) groups is 1. The number of carbonyl (C=O) groups excluding carboxylic acids is 1. The molecule has 1 aromatic heterocycles. The summed E-state index contributed by atoms with van der Waals surface area (Å²) in [5, 5.41) is 3.13. The van der Waals surface area contributed by atoms with Crippen molar-refractivity contribution in [2.75, 3.05) is 0 Å². The molecule has 4 heteroatoms. The lowest BCUT2D eigenvalue weighted by atomic mass is 9.63. The van der Waals surface area contributed by atoms with Gasteiger partial charge in [-0.05, 0) is 36.5 Å². The number of rotatable bonds is 4. The normalized spacial score (nSPS) is 32.0. The molecular weight excluding hydrogens is 291 g/mol. The molecule has 0 aliphatic heterocycles. The van der Waals surface area contributed by atoms with Crippen LogP contribution >= 0.6 is 0 Å². The van der Waals surface area contributed by atoms with Gasteiger partial charge in [-0.15, -0.1) is 0 Å². The molecule has 0 bridgehead atoms. The van der Waals surface area contributed by atoms with E-state index in [-0.39, 0.29) is 24.8 Å². The third-order valence-corrected chi connectivity index (χ3v) is 5.12. The van der Waals surface area contributed by atoms with E-state index in [9.17, 15) is 9.18 Å². The fourth-order valence-corrected chi connectivity index (χ4v) is 3.62. The average Bonchev–Trinajstić information content (AvgIpc) is 3.32. The number of benzene rings is 1. The van der Waals surface area contributed by atoms with E-state index in [0.717, 1.165) is 12.0 Å². The summed E-state index contributed by atoms with van der Waals surface area (Å²) in [6.45, 7) is 0. The van der Waals surface area contributed by atoms with Gasteiger partial charge in [0.05, 0.1) is 5.41 Å².